The first-order valence-electron chi connectivity index (χ1n) is 2.69. The molecule has 5 heteroatoms. The lowest BCUT2D eigenvalue weighted by atomic mass is 10.3. The molecule has 1 atom stereocenters. The smallest absolute Gasteiger partial charge is 0.159 e. The Bertz CT molecular complexity index is 216. The lowest BCUT2D eigenvalue weighted by Crippen LogP contribution is -2.30. The number of sulfone groups is 1. The molecule has 0 rings (SSSR count). The topological polar surface area (TPSA) is 71.4 Å². The van der Waals surface area contributed by atoms with E-state index in [2.05, 4.69) is 0 Å². The average molecular weight is 166 g/mol. The summed E-state index contributed by atoms with van der Waals surface area (Å²) in [7, 11) is -3.41. The van der Waals surface area contributed by atoms with E-state index < -0.39 is 27.5 Å². The van der Waals surface area contributed by atoms with Gasteiger partial charge in [0, 0.05) is 6.26 Å². The fraction of sp³-hybridized carbons (Fsp3) is 0.800. The van der Waals surface area contributed by atoms with Crippen LogP contribution in [0.25, 0.3) is 0 Å². The van der Waals surface area contributed by atoms with Gasteiger partial charge in [-0.1, -0.05) is 0 Å². The molecule has 0 aromatic carbocycles. The third-order valence-electron chi connectivity index (χ3n) is 1.14. The lowest BCUT2D eigenvalue weighted by molar-refractivity contribution is -0.117. The van der Waals surface area contributed by atoms with Crippen LogP contribution in [0.15, 0.2) is 0 Å². The van der Waals surface area contributed by atoms with E-state index in [1.54, 1.807) is 0 Å². The van der Waals surface area contributed by atoms with E-state index in [1.807, 2.05) is 0 Å². The third-order valence-corrected chi connectivity index (χ3v) is 2.65. The van der Waals surface area contributed by atoms with Crippen molar-refractivity contribution in [1.82, 2.24) is 0 Å². The minimum Gasteiger partial charge on any atom is -0.395 e. The molecule has 0 amide bonds. The van der Waals surface area contributed by atoms with Crippen molar-refractivity contribution in [2.24, 2.45) is 0 Å². The quantitative estimate of drug-likeness (QED) is 0.582. The van der Waals surface area contributed by atoms with Gasteiger partial charge in [0.2, 0.25) is 0 Å². The summed E-state index contributed by atoms with van der Waals surface area (Å²) < 4.78 is 21.2. The largest absolute Gasteiger partial charge is 0.395 e. The molecule has 0 aromatic rings. The molecule has 0 bridgehead atoms. The number of carbonyl (C=O) groups is 1. The highest BCUT2D eigenvalue weighted by Gasteiger charge is 2.23. The first kappa shape index (κ1) is 9.58. The second kappa shape index (κ2) is 3.12. The SMILES string of the molecule is CC(=O)C(CO)S(C)(=O)=O. The fourth-order valence-electron chi connectivity index (χ4n) is 0.565. The van der Waals surface area contributed by atoms with E-state index in [0.717, 1.165) is 13.2 Å². The zero-order valence-corrected chi connectivity index (χ0v) is 6.68. The molecule has 0 spiro atoms. The van der Waals surface area contributed by atoms with Crippen LogP contribution >= 0.6 is 0 Å². The summed E-state index contributed by atoms with van der Waals surface area (Å²) in [6.07, 6.45) is 0.926. The van der Waals surface area contributed by atoms with Gasteiger partial charge in [-0.2, -0.15) is 0 Å². The van der Waals surface area contributed by atoms with Gasteiger partial charge in [0.05, 0.1) is 6.61 Å². The molecule has 0 radical (unpaired) electrons. The van der Waals surface area contributed by atoms with Gasteiger partial charge in [0.25, 0.3) is 0 Å². The monoisotopic (exact) mass is 166 g/mol. The first-order chi connectivity index (χ1) is 4.39. The van der Waals surface area contributed by atoms with Crippen molar-refractivity contribution in [3.8, 4) is 0 Å². The van der Waals surface area contributed by atoms with Crippen LogP contribution in [0.1, 0.15) is 6.92 Å². The molecule has 0 aliphatic carbocycles. The summed E-state index contributed by atoms with van der Waals surface area (Å²) in [4.78, 5) is 10.5. The van der Waals surface area contributed by atoms with Gasteiger partial charge in [0.1, 0.15) is 11.0 Å². The van der Waals surface area contributed by atoms with Crippen LogP contribution in [0, 0.1) is 0 Å². The molecule has 4 nitrogen and oxygen atoms in total. The summed E-state index contributed by atoms with van der Waals surface area (Å²) >= 11 is 0. The van der Waals surface area contributed by atoms with Crippen LogP contribution in [0.3, 0.4) is 0 Å². The molecule has 1 unspecified atom stereocenters. The number of hydrogen-bond acceptors (Lipinski definition) is 4. The van der Waals surface area contributed by atoms with Gasteiger partial charge >= 0.3 is 0 Å². The van der Waals surface area contributed by atoms with Crippen molar-refractivity contribution in [3.05, 3.63) is 0 Å². The van der Waals surface area contributed by atoms with Crippen LogP contribution in [0.5, 0.6) is 0 Å². The van der Waals surface area contributed by atoms with Crippen LogP contribution in [0.2, 0.25) is 0 Å². The maximum Gasteiger partial charge on any atom is 0.159 e. The number of aliphatic hydroxyl groups is 1. The Hall–Kier alpha value is -0.420. The minimum atomic E-state index is -3.41. The van der Waals surface area contributed by atoms with Crippen molar-refractivity contribution in [1.29, 1.82) is 0 Å². The molecular formula is C5H10O4S. The minimum absolute atomic E-state index is 0.523. The maximum absolute atomic E-state index is 10.6. The van der Waals surface area contributed by atoms with Crippen molar-refractivity contribution in [2.45, 2.75) is 12.2 Å². The van der Waals surface area contributed by atoms with Crippen molar-refractivity contribution >= 4 is 15.6 Å². The molecule has 0 aliphatic heterocycles. The highest BCUT2D eigenvalue weighted by molar-refractivity contribution is 7.92. The number of hydrogen-bond donors (Lipinski definition) is 1. The Morgan fingerprint density at radius 3 is 2.00 bits per heavy atom. The summed E-state index contributed by atoms with van der Waals surface area (Å²) in [6, 6.07) is 0. The third kappa shape index (κ3) is 2.45. The zero-order valence-electron chi connectivity index (χ0n) is 5.86. The lowest BCUT2D eigenvalue weighted by Gasteiger charge is -2.05. The highest BCUT2D eigenvalue weighted by Crippen LogP contribution is 1.98. The van der Waals surface area contributed by atoms with Gasteiger partial charge < -0.3 is 5.11 Å². The molecule has 0 aliphatic rings. The molecule has 0 aromatic heterocycles. The molecular weight excluding hydrogens is 156 g/mol. The number of aliphatic hydroxyl groups excluding tert-OH is 1. The Kier molecular flexibility index (Phi) is 2.98. The van der Waals surface area contributed by atoms with Gasteiger partial charge in [-0.15, -0.1) is 0 Å². The number of Topliss-reactive ketones (excluding diaryl/α,β-unsaturated/α-hetero) is 1. The summed E-state index contributed by atoms with van der Waals surface area (Å²) in [5, 5.41) is 7.19. The molecule has 10 heavy (non-hydrogen) atoms. The second-order valence-electron chi connectivity index (χ2n) is 2.11. The molecule has 0 saturated heterocycles. The number of rotatable bonds is 3. The average Bonchev–Trinajstić information content (AvgIpc) is 1.60. The molecule has 0 heterocycles. The standard InChI is InChI=1S/C5H10O4S/c1-4(7)5(3-6)10(2,8)9/h5-6H,3H2,1-2H3. The van der Waals surface area contributed by atoms with Crippen LogP contribution in [-0.4, -0.2) is 37.4 Å². The van der Waals surface area contributed by atoms with Crippen LogP contribution in [0.4, 0.5) is 0 Å². The predicted molar refractivity (Wildman–Crippen MR) is 36.4 cm³/mol. The number of ketones is 1. The zero-order chi connectivity index (χ0) is 8.36. The van der Waals surface area contributed by atoms with E-state index >= 15 is 0 Å². The Balaban J connectivity index is 4.55. The van der Waals surface area contributed by atoms with Crippen molar-refractivity contribution in [2.75, 3.05) is 12.9 Å². The van der Waals surface area contributed by atoms with Gasteiger partial charge in [0.15, 0.2) is 9.84 Å². The van der Waals surface area contributed by atoms with E-state index in [4.69, 9.17) is 5.11 Å². The molecule has 0 saturated carbocycles. The summed E-state index contributed by atoms with van der Waals surface area (Å²) in [6.45, 7) is 0.510. The first-order valence-corrected chi connectivity index (χ1v) is 4.65. The Labute approximate surface area is 59.8 Å². The normalized spacial score (nSPS) is 14.7. The fourth-order valence-corrected chi connectivity index (χ4v) is 1.44. The second-order valence-corrected chi connectivity index (χ2v) is 4.34. The van der Waals surface area contributed by atoms with E-state index in [9.17, 15) is 13.2 Å². The Morgan fingerprint density at radius 1 is 1.60 bits per heavy atom. The van der Waals surface area contributed by atoms with Crippen LogP contribution in [-0.2, 0) is 14.6 Å². The van der Waals surface area contributed by atoms with Gasteiger partial charge in [-0.25, -0.2) is 8.42 Å². The Morgan fingerprint density at radius 2 is 2.00 bits per heavy atom. The van der Waals surface area contributed by atoms with E-state index in [0.29, 0.717) is 0 Å². The summed E-state index contributed by atoms with van der Waals surface area (Å²) in [5.41, 5.74) is 0. The predicted octanol–water partition coefficient (Wildman–Crippen LogP) is -1.02. The van der Waals surface area contributed by atoms with Gasteiger partial charge in [-0.05, 0) is 6.92 Å². The summed E-state index contributed by atoms with van der Waals surface area (Å²) in [5.74, 6) is -0.523. The van der Waals surface area contributed by atoms with Crippen molar-refractivity contribution in [3.63, 3.8) is 0 Å². The van der Waals surface area contributed by atoms with Gasteiger partial charge in [-0.3, -0.25) is 4.79 Å². The highest BCUT2D eigenvalue weighted by atomic mass is 32.2. The molecule has 0 fully saturated rings. The maximum atomic E-state index is 10.6. The number of carbonyl (C=O) groups excluding carboxylic acids is 1. The molecule has 1 N–H and O–H groups in total. The van der Waals surface area contributed by atoms with Crippen molar-refractivity contribution < 1.29 is 18.3 Å². The van der Waals surface area contributed by atoms with E-state index in [-0.39, 0.29) is 0 Å². The van der Waals surface area contributed by atoms with Crippen LogP contribution < -0.4 is 0 Å². The molecule has 60 valence electrons. The van der Waals surface area contributed by atoms with E-state index in [1.165, 1.54) is 0 Å².